The third-order valence-electron chi connectivity index (χ3n) is 3.20. The SMILES string of the molecule is COC(=O)CCC(N)c1c(C)[nH]c2ccccc12. The Morgan fingerprint density at radius 1 is 1.44 bits per heavy atom. The first kappa shape index (κ1) is 12.6. The van der Waals surface area contributed by atoms with Gasteiger partial charge in [-0.2, -0.15) is 0 Å². The maximum atomic E-state index is 11.1. The summed E-state index contributed by atoms with van der Waals surface area (Å²) in [6.45, 7) is 2.01. The van der Waals surface area contributed by atoms with Crippen LogP contribution in [0.5, 0.6) is 0 Å². The van der Waals surface area contributed by atoms with Crippen LogP contribution in [0, 0.1) is 6.92 Å². The number of hydrogen-bond acceptors (Lipinski definition) is 3. The Morgan fingerprint density at radius 2 is 2.17 bits per heavy atom. The summed E-state index contributed by atoms with van der Waals surface area (Å²) in [6, 6.07) is 7.90. The van der Waals surface area contributed by atoms with Gasteiger partial charge in [-0.3, -0.25) is 4.79 Å². The number of aromatic nitrogens is 1. The van der Waals surface area contributed by atoms with Gasteiger partial charge in [0.1, 0.15) is 0 Å². The molecule has 0 aliphatic rings. The summed E-state index contributed by atoms with van der Waals surface area (Å²) in [7, 11) is 1.39. The molecule has 1 aromatic carbocycles. The molecule has 0 spiro atoms. The lowest BCUT2D eigenvalue weighted by atomic mass is 10.00. The molecule has 18 heavy (non-hydrogen) atoms. The molecule has 4 nitrogen and oxygen atoms in total. The average Bonchev–Trinajstić information content (AvgIpc) is 2.71. The predicted molar refractivity (Wildman–Crippen MR) is 71.2 cm³/mol. The Morgan fingerprint density at radius 3 is 2.89 bits per heavy atom. The van der Waals surface area contributed by atoms with Crippen molar-refractivity contribution in [2.75, 3.05) is 7.11 Å². The van der Waals surface area contributed by atoms with Gasteiger partial charge < -0.3 is 15.5 Å². The van der Waals surface area contributed by atoms with Gasteiger partial charge in [0.15, 0.2) is 0 Å². The molecule has 0 bridgehead atoms. The Balaban J connectivity index is 2.24. The molecule has 0 aliphatic heterocycles. The lowest BCUT2D eigenvalue weighted by Crippen LogP contribution is -2.13. The van der Waals surface area contributed by atoms with Crippen LogP contribution in [0.2, 0.25) is 0 Å². The van der Waals surface area contributed by atoms with Gasteiger partial charge >= 0.3 is 5.97 Å². The monoisotopic (exact) mass is 246 g/mol. The zero-order valence-corrected chi connectivity index (χ0v) is 10.7. The molecule has 1 unspecified atom stereocenters. The molecule has 96 valence electrons. The van der Waals surface area contributed by atoms with Crippen molar-refractivity contribution in [2.24, 2.45) is 5.73 Å². The minimum absolute atomic E-state index is 0.153. The number of aromatic amines is 1. The molecule has 0 radical (unpaired) electrons. The second kappa shape index (κ2) is 5.23. The molecular formula is C14H18N2O2. The van der Waals surface area contributed by atoms with Crippen LogP contribution in [0.15, 0.2) is 24.3 Å². The number of H-pyrrole nitrogens is 1. The van der Waals surface area contributed by atoms with Crippen molar-refractivity contribution in [3.05, 3.63) is 35.5 Å². The maximum Gasteiger partial charge on any atom is 0.305 e. The number of hydrogen-bond donors (Lipinski definition) is 2. The summed E-state index contributed by atoms with van der Waals surface area (Å²) in [6.07, 6.45) is 0.936. The first-order valence-electron chi connectivity index (χ1n) is 6.03. The summed E-state index contributed by atoms with van der Waals surface area (Å²) in [4.78, 5) is 14.5. The highest BCUT2D eigenvalue weighted by Gasteiger charge is 2.16. The number of fused-ring (bicyclic) bond motifs is 1. The number of nitrogens with two attached hydrogens (primary N) is 1. The quantitative estimate of drug-likeness (QED) is 0.814. The van der Waals surface area contributed by atoms with Crippen LogP contribution in [0.3, 0.4) is 0 Å². The Bertz CT molecular complexity index is 560. The zero-order chi connectivity index (χ0) is 13.1. The molecule has 0 fully saturated rings. The van der Waals surface area contributed by atoms with Crippen LogP contribution < -0.4 is 5.73 Å². The van der Waals surface area contributed by atoms with E-state index in [1.807, 2.05) is 31.2 Å². The van der Waals surface area contributed by atoms with Crippen molar-refractivity contribution in [1.29, 1.82) is 0 Å². The van der Waals surface area contributed by atoms with Crippen molar-refractivity contribution < 1.29 is 9.53 Å². The van der Waals surface area contributed by atoms with E-state index in [1.54, 1.807) is 0 Å². The molecule has 0 amide bonds. The first-order chi connectivity index (χ1) is 8.63. The Labute approximate surface area is 106 Å². The molecule has 2 rings (SSSR count). The second-order valence-corrected chi connectivity index (χ2v) is 4.43. The van der Waals surface area contributed by atoms with Crippen molar-refractivity contribution in [2.45, 2.75) is 25.8 Å². The molecular weight excluding hydrogens is 228 g/mol. The molecule has 1 aromatic heterocycles. The first-order valence-corrected chi connectivity index (χ1v) is 6.03. The molecule has 1 heterocycles. The van der Waals surface area contributed by atoms with Crippen LogP contribution >= 0.6 is 0 Å². The third kappa shape index (κ3) is 2.38. The summed E-state index contributed by atoms with van der Waals surface area (Å²) < 4.78 is 4.63. The summed E-state index contributed by atoms with van der Waals surface area (Å²) in [5.41, 5.74) is 9.42. The molecule has 0 saturated heterocycles. The van der Waals surface area contributed by atoms with E-state index in [2.05, 4.69) is 9.72 Å². The lowest BCUT2D eigenvalue weighted by Gasteiger charge is -2.11. The highest BCUT2D eigenvalue weighted by molar-refractivity contribution is 5.85. The number of carbonyl (C=O) groups is 1. The number of para-hydroxylation sites is 1. The number of rotatable bonds is 4. The van der Waals surface area contributed by atoms with Crippen molar-refractivity contribution in [1.82, 2.24) is 4.98 Å². The zero-order valence-electron chi connectivity index (χ0n) is 10.7. The van der Waals surface area contributed by atoms with E-state index in [-0.39, 0.29) is 12.0 Å². The number of aryl methyl sites for hydroxylation is 1. The minimum atomic E-state index is -0.219. The van der Waals surface area contributed by atoms with Crippen LogP contribution in [-0.2, 0) is 9.53 Å². The Kier molecular flexibility index (Phi) is 3.67. The largest absolute Gasteiger partial charge is 0.469 e. The van der Waals surface area contributed by atoms with Gasteiger partial charge in [0.25, 0.3) is 0 Å². The number of nitrogens with one attached hydrogen (secondary N) is 1. The van der Waals surface area contributed by atoms with Gasteiger partial charge in [-0.05, 0) is 25.0 Å². The number of esters is 1. The summed E-state index contributed by atoms with van der Waals surface area (Å²) >= 11 is 0. The highest BCUT2D eigenvalue weighted by atomic mass is 16.5. The van der Waals surface area contributed by atoms with E-state index in [4.69, 9.17) is 5.73 Å². The Hall–Kier alpha value is -1.81. The second-order valence-electron chi connectivity index (χ2n) is 4.43. The van der Waals surface area contributed by atoms with Gasteiger partial charge in [-0.15, -0.1) is 0 Å². The van der Waals surface area contributed by atoms with E-state index in [9.17, 15) is 4.79 Å². The van der Waals surface area contributed by atoms with Gasteiger partial charge in [-0.1, -0.05) is 18.2 Å². The fourth-order valence-electron chi connectivity index (χ4n) is 2.30. The fraction of sp³-hybridized carbons (Fsp3) is 0.357. The molecule has 1 atom stereocenters. The molecule has 3 N–H and O–H groups in total. The maximum absolute atomic E-state index is 11.1. The van der Waals surface area contributed by atoms with E-state index in [0.717, 1.165) is 22.2 Å². The lowest BCUT2D eigenvalue weighted by molar-refractivity contribution is -0.140. The fourth-order valence-corrected chi connectivity index (χ4v) is 2.30. The summed E-state index contributed by atoms with van der Waals surface area (Å²) in [5.74, 6) is -0.219. The number of carbonyl (C=O) groups excluding carboxylic acids is 1. The number of ether oxygens (including phenoxy) is 1. The molecule has 4 heteroatoms. The van der Waals surface area contributed by atoms with E-state index < -0.39 is 0 Å². The normalized spacial score (nSPS) is 12.6. The van der Waals surface area contributed by atoms with E-state index in [0.29, 0.717) is 12.8 Å². The van der Waals surface area contributed by atoms with Crippen molar-refractivity contribution >= 4 is 16.9 Å². The van der Waals surface area contributed by atoms with Crippen LogP contribution in [-0.4, -0.2) is 18.1 Å². The number of methoxy groups -OCH3 is 1. The van der Waals surface area contributed by atoms with Gasteiger partial charge in [0.2, 0.25) is 0 Å². The third-order valence-corrected chi connectivity index (χ3v) is 3.20. The summed E-state index contributed by atoms with van der Waals surface area (Å²) in [5, 5.41) is 1.13. The minimum Gasteiger partial charge on any atom is -0.469 e. The van der Waals surface area contributed by atoms with Gasteiger partial charge in [-0.25, -0.2) is 0 Å². The average molecular weight is 246 g/mol. The molecule has 2 aromatic rings. The van der Waals surface area contributed by atoms with Crippen LogP contribution in [0.25, 0.3) is 10.9 Å². The van der Waals surface area contributed by atoms with E-state index >= 15 is 0 Å². The molecule has 0 aliphatic carbocycles. The van der Waals surface area contributed by atoms with Crippen molar-refractivity contribution in [3.63, 3.8) is 0 Å². The van der Waals surface area contributed by atoms with Crippen LogP contribution in [0.1, 0.15) is 30.1 Å². The van der Waals surface area contributed by atoms with E-state index in [1.165, 1.54) is 7.11 Å². The molecule has 0 saturated carbocycles. The van der Waals surface area contributed by atoms with Crippen molar-refractivity contribution in [3.8, 4) is 0 Å². The standard InChI is InChI=1S/C14H18N2O2/c1-9-14(11(15)7-8-13(17)18-2)10-5-3-4-6-12(10)16-9/h3-6,11,16H,7-8,15H2,1-2H3. The predicted octanol–water partition coefficient (Wildman–Crippen LogP) is 2.43. The van der Waals surface area contributed by atoms with Crippen LogP contribution in [0.4, 0.5) is 0 Å². The smallest absolute Gasteiger partial charge is 0.305 e. The number of benzene rings is 1. The van der Waals surface area contributed by atoms with Gasteiger partial charge in [0, 0.05) is 29.1 Å². The van der Waals surface area contributed by atoms with Gasteiger partial charge in [0.05, 0.1) is 7.11 Å². The highest BCUT2D eigenvalue weighted by Crippen LogP contribution is 2.28. The topological polar surface area (TPSA) is 68.1 Å².